The molecule has 0 saturated heterocycles. The number of thioether (sulfide) groups is 1. The quantitative estimate of drug-likeness (QED) is 0.835. The van der Waals surface area contributed by atoms with Crippen molar-refractivity contribution in [2.24, 2.45) is 5.92 Å². The van der Waals surface area contributed by atoms with Gasteiger partial charge in [-0.25, -0.2) is 0 Å². The van der Waals surface area contributed by atoms with Gasteiger partial charge in [-0.3, -0.25) is 4.79 Å². The van der Waals surface area contributed by atoms with E-state index in [0.717, 1.165) is 23.9 Å². The summed E-state index contributed by atoms with van der Waals surface area (Å²) in [5.74, 6) is 0.0293. The predicted octanol–water partition coefficient (Wildman–Crippen LogP) is 2.21. The molecule has 0 unspecified atom stereocenters. The lowest BCUT2D eigenvalue weighted by Crippen LogP contribution is -2.17. The van der Waals surface area contributed by atoms with Crippen LogP contribution < -0.4 is 0 Å². The minimum absolute atomic E-state index is 0.0435. The van der Waals surface area contributed by atoms with Crippen LogP contribution in [0.5, 0.6) is 0 Å². The maximum Gasteiger partial charge on any atom is 0.313 e. The van der Waals surface area contributed by atoms with Crippen molar-refractivity contribution >= 4 is 17.7 Å². The highest BCUT2D eigenvalue weighted by atomic mass is 32.2. The number of carbonyl (C=O) groups is 1. The van der Waals surface area contributed by atoms with Gasteiger partial charge in [-0.05, 0) is 31.6 Å². The molecule has 1 saturated carbocycles. The molecular formula is C11H17N3O2S. The molecule has 1 aliphatic rings. The Bertz CT molecular complexity index is 386. The summed E-state index contributed by atoms with van der Waals surface area (Å²) in [6.07, 6.45) is 6.46. The van der Waals surface area contributed by atoms with Crippen molar-refractivity contribution in [3.05, 3.63) is 6.33 Å². The van der Waals surface area contributed by atoms with Crippen LogP contribution in [0.25, 0.3) is 0 Å². The second-order valence-electron chi connectivity index (χ2n) is 4.62. The summed E-state index contributed by atoms with van der Waals surface area (Å²) in [5, 5.41) is 17.3. The molecule has 1 aromatic heterocycles. The fraction of sp³-hybridized carbons (Fsp3) is 0.727. The molecule has 6 heteroatoms. The normalized spacial score (nSPS) is 24.8. The van der Waals surface area contributed by atoms with Crippen molar-refractivity contribution in [3.63, 3.8) is 0 Å². The number of aromatic nitrogens is 3. The molecule has 0 aliphatic heterocycles. The summed E-state index contributed by atoms with van der Waals surface area (Å²) in [7, 11) is 0. The Balaban J connectivity index is 2.00. The van der Waals surface area contributed by atoms with Gasteiger partial charge in [0, 0.05) is 6.04 Å². The van der Waals surface area contributed by atoms with E-state index in [0.29, 0.717) is 6.04 Å². The van der Waals surface area contributed by atoms with E-state index in [1.54, 1.807) is 6.33 Å². The van der Waals surface area contributed by atoms with E-state index in [1.165, 1.54) is 24.6 Å². The van der Waals surface area contributed by atoms with Gasteiger partial charge < -0.3 is 9.67 Å². The SMILES string of the molecule is CC1CCC(n2cnnc2SCC(=O)O)CC1. The Morgan fingerprint density at radius 3 is 2.88 bits per heavy atom. The zero-order valence-corrected chi connectivity index (χ0v) is 10.7. The van der Waals surface area contributed by atoms with Crippen molar-refractivity contribution < 1.29 is 9.90 Å². The first-order chi connectivity index (χ1) is 8.16. The highest BCUT2D eigenvalue weighted by Gasteiger charge is 2.22. The number of carboxylic acids is 1. The van der Waals surface area contributed by atoms with Gasteiger partial charge in [-0.1, -0.05) is 18.7 Å². The molecule has 0 spiro atoms. The predicted molar refractivity (Wildman–Crippen MR) is 65.1 cm³/mol. The van der Waals surface area contributed by atoms with Crippen molar-refractivity contribution in [1.29, 1.82) is 0 Å². The summed E-state index contributed by atoms with van der Waals surface area (Å²) in [6, 6.07) is 0.442. The molecule has 1 fully saturated rings. The first-order valence-electron chi connectivity index (χ1n) is 5.91. The van der Waals surface area contributed by atoms with E-state index in [4.69, 9.17) is 5.11 Å². The molecular weight excluding hydrogens is 238 g/mol. The standard InChI is InChI=1S/C11H17N3O2S/c1-8-2-4-9(5-3-8)14-7-12-13-11(14)17-6-10(15)16/h7-9H,2-6H2,1H3,(H,15,16). The average Bonchev–Trinajstić information content (AvgIpc) is 2.75. The third kappa shape index (κ3) is 3.21. The fourth-order valence-corrected chi connectivity index (χ4v) is 2.94. The molecule has 0 amide bonds. The van der Waals surface area contributed by atoms with Crippen LogP contribution in [0.15, 0.2) is 11.5 Å². The molecule has 0 bridgehead atoms. The summed E-state index contributed by atoms with van der Waals surface area (Å²) in [4.78, 5) is 10.5. The van der Waals surface area contributed by atoms with E-state index >= 15 is 0 Å². The van der Waals surface area contributed by atoms with E-state index in [1.807, 2.05) is 4.57 Å². The van der Waals surface area contributed by atoms with Gasteiger partial charge in [0.15, 0.2) is 5.16 Å². The van der Waals surface area contributed by atoms with Gasteiger partial charge >= 0.3 is 5.97 Å². The minimum atomic E-state index is -0.818. The Labute approximate surface area is 105 Å². The lowest BCUT2D eigenvalue weighted by Gasteiger charge is -2.27. The van der Waals surface area contributed by atoms with E-state index in [-0.39, 0.29) is 5.75 Å². The topological polar surface area (TPSA) is 68.0 Å². The van der Waals surface area contributed by atoms with Crippen LogP contribution in [0.4, 0.5) is 0 Å². The molecule has 1 aliphatic carbocycles. The van der Waals surface area contributed by atoms with E-state index in [9.17, 15) is 4.79 Å². The van der Waals surface area contributed by atoms with Crippen LogP contribution in [0.3, 0.4) is 0 Å². The number of hydrogen-bond acceptors (Lipinski definition) is 4. The van der Waals surface area contributed by atoms with Crippen LogP contribution in [0.1, 0.15) is 38.6 Å². The molecule has 0 atom stereocenters. The lowest BCUT2D eigenvalue weighted by atomic mass is 9.87. The highest BCUT2D eigenvalue weighted by Crippen LogP contribution is 2.33. The maximum absolute atomic E-state index is 10.5. The minimum Gasteiger partial charge on any atom is -0.481 e. The molecule has 94 valence electrons. The number of nitrogens with zero attached hydrogens (tertiary/aromatic N) is 3. The van der Waals surface area contributed by atoms with Gasteiger partial charge in [-0.15, -0.1) is 10.2 Å². The smallest absolute Gasteiger partial charge is 0.313 e. The Kier molecular flexibility index (Phi) is 4.04. The third-order valence-corrected chi connectivity index (χ3v) is 4.19. The molecule has 0 radical (unpaired) electrons. The monoisotopic (exact) mass is 255 g/mol. The summed E-state index contributed by atoms with van der Waals surface area (Å²) >= 11 is 1.25. The summed E-state index contributed by atoms with van der Waals surface area (Å²) < 4.78 is 2.04. The summed E-state index contributed by atoms with van der Waals surface area (Å²) in [6.45, 7) is 2.28. The summed E-state index contributed by atoms with van der Waals surface area (Å²) in [5.41, 5.74) is 0. The van der Waals surface area contributed by atoms with Crippen molar-refractivity contribution in [3.8, 4) is 0 Å². The molecule has 2 rings (SSSR count). The second kappa shape index (κ2) is 5.53. The van der Waals surface area contributed by atoms with E-state index in [2.05, 4.69) is 17.1 Å². The third-order valence-electron chi connectivity index (χ3n) is 3.24. The first kappa shape index (κ1) is 12.4. The Morgan fingerprint density at radius 2 is 2.24 bits per heavy atom. The largest absolute Gasteiger partial charge is 0.481 e. The zero-order valence-electron chi connectivity index (χ0n) is 9.87. The van der Waals surface area contributed by atoms with Gasteiger partial charge in [0.1, 0.15) is 6.33 Å². The van der Waals surface area contributed by atoms with Crippen LogP contribution in [-0.2, 0) is 4.79 Å². The number of rotatable bonds is 4. The van der Waals surface area contributed by atoms with Crippen LogP contribution >= 0.6 is 11.8 Å². The zero-order chi connectivity index (χ0) is 12.3. The number of hydrogen-bond donors (Lipinski definition) is 1. The fourth-order valence-electron chi connectivity index (χ4n) is 2.23. The van der Waals surface area contributed by atoms with Gasteiger partial charge in [-0.2, -0.15) is 0 Å². The Morgan fingerprint density at radius 1 is 1.53 bits per heavy atom. The van der Waals surface area contributed by atoms with Crippen LogP contribution in [0.2, 0.25) is 0 Å². The van der Waals surface area contributed by atoms with Crippen molar-refractivity contribution in [1.82, 2.24) is 14.8 Å². The number of carboxylic acid groups (broad SMARTS) is 1. The molecule has 0 aromatic carbocycles. The van der Waals surface area contributed by atoms with Gasteiger partial charge in [0.25, 0.3) is 0 Å². The first-order valence-corrected chi connectivity index (χ1v) is 6.89. The van der Waals surface area contributed by atoms with Crippen LogP contribution in [0, 0.1) is 5.92 Å². The molecule has 17 heavy (non-hydrogen) atoms. The van der Waals surface area contributed by atoms with Gasteiger partial charge in [0.05, 0.1) is 5.75 Å². The van der Waals surface area contributed by atoms with Crippen LogP contribution in [-0.4, -0.2) is 31.6 Å². The van der Waals surface area contributed by atoms with Gasteiger partial charge in [0.2, 0.25) is 0 Å². The van der Waals surface area contributed by atoms with E-state index < -0.39 is 5.97 Å². The molecule has 1 N–H and O–H groups in total. The maximum atomic E-state index is 10.5. The van der Waals surface area contributed by atoms with Crippen molar-refractivity contribution in [2.45, 2.75) is 43.8 Å². The average molecular weight is 255 g/mol. The Hall–Kier alpha value is -1.04. The molecule has 1 heterocycles. The lowest BCUT2D eigenvalue weighted by molar-refractivity contribution is -0.133. The molecule has 1 aromatic rings. The number of aliphatic carboxylic acids is 1. The highest BCUT2D eigenvalue weighted by molar-refractivity contribution is 7.99. The van der Waals surface area contributed by atoms with Crippen molar-refractivity contribution in [2.75, 3.05) is 5.75 Å². The second-order valence-corrected chi connectivity index (χ2v) is 5.56. The molecule has 5 nitrogen and oxygen atoms in total.